The van der Waals surface area contributed by atoms with E-state index in [0.717, 1.165) is 47.2 Å². The number of hydrogen-bond acceptors (Lipinski definition) is 5. The van der Waals surface area contributed by atoms with Gasteiger partial charge in [0.25, 0.3) is 0 Å². The molecule has 3 aromatic heterocycles. The Balaban J connectivity index is 1.47. The SMILES string of the molecule is CCO[C@H]1CCC[C@@H]1CC(=O)Cc1cc2cnn(-c3ccnc(C)c3)c2cn1. The Morgan fingerprint density at radius 2 is 2.14 bits per heavy atom. The molecule has 0 amide bonds. The first-order chi connectivity index (χ1) is 13.6. The third-order valence-electron chi connectivity index (χ3n) is 5.47. The Kier molecular flexibility index (Phi) is 5.48. The highest BCUT2D eigenvalue weighted by Crippen LogP contribution is 2.31. The van der Waals surface area contributed by atoms with Crippen LogP contribution < -0.4 is 0 Å². The molecule has 6 nitrogen and oxygen atoms in total. The normalized spacial score (nSPS) is 19.4. The van der Waals surface area contributed by atoms with Gasteiger partial charge >= 0.3 is 0 Å². The van der Waals surface area contributed by atoms with Gasteiger partial charge in [0.1, 0.15) is 5.78 Å². The second-order valence-corrected chi connectivity index (χ2v) is 7.55. The van der Waals surface area contributed by atoms with Gasteiger partial charge in [-0.15, -0.1) is 0 Å². The summed E-state index contributed by atoms with van der Waals surface area (Å²) < 4.78 is 7.65. The lowest BCUT2D eigenvalue weighted by Crippen LogP contribution is -2.21. The molecule has 0 N–H and O–H groups in total. The molecule has 1 aliphatic carbocycles. The average Bonchev–Trinajstić information content (AvgIpc) is 3.28. The summed E-state index contributed by atoms with van der Waals surface area (Å²) in [6.45, 7) is 4.69. The number of pyridine rings is 2. The predicted octanol–water partition coefficient (Wildman–Crippen LogP) is 3.83. The summed E-state index contributed by atoms with van der Waals surface area (Å²) in [6, 6.07) is 5.88. The molecule has 1 fully saturated rings. The van der Waals surface area contributed by atoms with Crippen molar-refractivity contribution in [1.29, 1.82) is 0 Å². The van der Waals surface area contributed by atoms with Gasteiger partial charge in [0, 0.05) is 42.4 Å². The molecule has 0 unspecified atom stereocenters. The maximum atomic E-state index is 12.6. The lowest BCUT2D eigenvalue weighted by molar-refractivity contribution is -0.120. The second kappa shape index (κ2) is 8.19. The van der Waals surface area contributed by atoms with Crippen LogP contribution in [0.4, 0.5) is 0 Å². The molecule has 4 rings (SSSR count). The monoisotopic (exact) mass is 378 g/mol. The zero-order valence-electron chi connectivity index (χ0n) is 16.5. The summed E-state index contributed by atoms with van der Waals surface area (Å²) in [6.07, 6.45) is 9.90. The van der Waals surface area contributed by atoms with E-state index < -0.39 is 0 Å². The average molecular weight is 378 g/mol. The van der Waals surface area contributed by atoms with Crippen LogP contribution in [-0.2, 0) is 16.0 Å². The molecule has 1 aliphatic rings. The van der Waals surface area contributed by atoms with E-state index in [1.165, 1.54) is 0 Å². The molecular formula is C22H26N4O2. The Labute approximate surface area is 165 Å². The van der Waals surface area contributed by atoms with Crippen LogP contribution >= 0.6 is 0 Å². The minimum Gasteiger partial charge on any atom is -0.378 e. The molecule has 0 bridgehead atoms. The van der Waals surface area contributed by atoms with Gasteiger partial charge in [-0.25, -0.2) is 4.68 Å². The second-order valence-electron chi connectivity index (χ2n) is 7.55. The van der Waals surface area contributed by atoms with E-state index in [-0.39, 0.29) is 11.9 Å². The van der Waals surface area contributed by atoms with Gasteiger partial charge in [-0.3, -0.25) is 14.8 Å². The Bertz CT molecular complexity index is 982. The van der Waals surface area contributed by atoms with Crippen molar-refractivity contribution >= 4 is 16.7 Å². The van der Waals surface area contributed by atoms with Crippen LogP contribution in [0.5, 0.6) is 0 Å². The van der Waals surface area contributed by atoms with Crippen LogP contribution in [0.2, 0.25) is 0 Å². The molecule has 6 heteroatoms. The van der Waals surface area contributed by atoms with Crippen molar-refractivity contribution in [3.05, 3.63) is 48.2 Å². The highest BCUT2D eigenvalue weighted by Gasteiger charge is 2.29. The standard InChI is InChI=1S/C22H26N4O2/c1-3-28-22-6-4-5-16(22)11-20(27)12-18-10-17-13-25-26(21(17)14-24-18)19-7-8-23-15(2)9-19/h7-10,13-14,16,22H,3-6,11-12H2,1-2H3/t16-,22+/m1/s1. The first-order valence-corrected chi connectivity index (χ1v) is 10.0. The van der Waals surface area contributed by atoms with Crippen LogP contribution in [0.25, 0.3) is 16.6 Å². The molecule has 3 aromatic rings. The van der Waals surface area contributed by atoms with Gasteiger partial charge in [-0.2, -0.15) is 5.10 Å². The van der Waals surface area contributed by atoms with Gasteiger partial charge in [0.2, 0.25) is 0 Å². The summed E-state index contributed by atoms with van der Waals surface area (Å²) in [5.41, 5.74) is 3.62. The maximum Gasteiger partial charge on any atom is 0.139 e. The van der Waals surface area contributed by atoms with Crippen molar-refractivity contribution in [3.63, 3.8) is 0 Å². The maximum absolute atomic E-state index is 12.6. The van der Waals surface area contributed by atoms with Crippen molar-refractivity contribution in [2.24, 2.45) is 5.92 Å². The van der Waals surface area contributed by atoms with E-state index in [9.17, 15) is 4.79 Å². The molecule has 1 saturated carbocycles. The summed E-state index contributed by atoms with van der Waals surface area (Å²) in [7, 11) is 0. The summed E-state index contributed by atoms with van der Waals surface area (Å²) in [5.74, 6) is 0.592. The third-order valence-corrected chi connectivity index (χ3v) is 5.47. The van der Waals surface area contributed by atoms with E-state index in [1.807, 2.05) is 42.9 Å². The highest BCUT2D eigenvalue weighted by molar-refractivity contribution is 5.84. The van der Waals surface area contributed by atoms with Crippen LogP contribution in [-0.4, -0.2) is 38.2 Å². The molecule has 3 heterocycles. The van der Waals surface area contributed by atoms with Crippen LogP contribution in [0.3, 0.4) is 0 Å². The summed E-state index contributed by atoms with van der Waals surface area (Å²) in [5, 5.41) is 5.47. The number of aryl methyl sites for hydroxylation is 1. The lowest BCUT2D eigenvalue weighted by atomic mass is 9.96. The number of carbonyl (C=O) groups excluding carboxylic acids is 1. The number of carbonyl (C=O) groups is 1. The fourth-order valence-corrected chi connectivity index (χ4v) is 4.17. The largest absolute Gasteiger partial charge is 0.378 e. The first-order valence-electron chi connectivity index (χ1n) is 10.0. The smallest absolute Gasteiger partial charge is 0.139 e. The van der Waals surface area contributed by atoms with Crippen molar-refractivity contribution in [2.45, 2.75) is 52.1 Å². The quantitative estimate of drug-likeness (QED) is 0.625. The first kappa shape index (κ1) is 18.7. The molecule has 2 atom stereocenters. The molecular weight excluding hydrogens is 352 g/mol. The van der Waals surface area contributed by atoms with Gasteiger partial charge < -0.3 is 4.74 Å². The van der Waals surface area contributed by atoms with E-state index in [0.29, 0.717) is 25.4 Å². The van der Waals surface area contributed by atoms with Gasteiger partial charge in [0.15, 0.2) is 0 Å². The molecule has 0 radical (unpaired) electrons. The zero-order valence-corrected chi connectivity index (χ0v) is 16.5. The number of Topliss-reactive ketones (excluding diaryl/α,β-unsaturated/α-hetero) is 1. The number of aromatic nitrogens is 4. The lowest BCUT2D eigenvalue weighted by Gasteiger charge is -2.18. The molecule has 0 saturated heterocycles. The van der Waals surface area contributed by atoms with E-state index in [2.05, 4.69) is 15.1 Å². The topological polar surface area (TPSA) is 69.9 Å². The van der Waals surface area contributed by atoms with Crippen LogP contribution in [0.1, 0.15) is 44.0 Å². The number of ether oxygens (including phenoxy) is 1. The summed E-state index contributed by atoms with van der Waals surface area (Å²) in [4.78, 5) is 21.4. The third kappa shape index (κ3) is 3.97. The minimum atomic E-state index is 0.237. The molecule has 0 aromatic carbocycles. The number of fused-ring (bicyclic) bond motifs is 1. The van der Waals surface area contributed by atoms with E-state index in [1.54, 1.807) is 12.4 Å². The zero-order chi connectivity index (χ0) is 19.5. The Hall–Kier alpha value is -2.60. The van der Waals surface area contributed by atoms with E-state index >= 15 is 0 Å². The Morgan fingerprint density at radius 3 is 2.96 bits per heavy atom. The predicted molar refractivity (Wildman–Crippen MR) is 107 cm³/mol. The van der Waals surface area contributed by atoms with Crippen molar-refractivity contribution in [2.75, 3.05) is 6.61 Å². The summed E-state index contributed by atoms with van der Waals surface area (Å²) >= 11 is 0. The van der Waals surface area contributed by atoms with Gasteiger partial charge in [-0.1, -0.05) is 6.42 Å². The highest BCUT2D eigenvalue weighted by atomic mass is 16.5. The molecule has 0 aliphatic heterocycles. The van der Waals surface area contributed by atoms with E-state index in [4.69, 9.17) is 4.74 Å². The fraction of sp³-hybridized carbons (Fsp3) is 0.455. The fourth-order valence-electron chi connectivity index (χ4n) is 4.17. The number of hydrogen-bond donors (Lipinski definition) is 0. The van der Waals surface area contributed by atoms with Gasteiger partial charge in [0.05, 0.1) is 29.7 Å². The van der Waals surface area contributed by atoms with Crippen molar-refractivity contribution < 1.29 is 9.53 Å². The van der Waals surface area contributed by atoms with Crippen molar-refractivity contribution in [1.82, 2.24) is 19.7 Å². The number of rotatable bonds is 7. The van der Waals surface area contributed by atoms with Crippen LogP contribution in [0, 0.1) is 12.8 Å². The molecule has 28 heavy (non-hydrogen) atoms. The molecule has 146 valence electrons. The number of nitrogens with zero attached hydrogens (tertiary/aromatic N) is 4. The van der Waals surface area contributed by atoms with Gasteiger partial charge in [-0.05, 0) is 50.8 Å². The molecule has 0 spiro atoms. The van der Waals surface area contributed by atoms with Crippen molar-refractivity contribution in [3.8, 4) is 5.69 Å². The Morgan fingerprint density at radius 1 is 1.25 bits per heavy atom. The van der Waals surface area contributed by atoms with Crippen LogP contribution in [0.15, 0.2) is 36.8 Å². The minimum absolute atomic E-state index is 0.237. The number of ketones is 1.